The molecule has 0 fully saturated rings. The molecule has 8 nitrogen and oxygen atoms in total. The number of nitrogens with zero attached hydrogens (tertiary/aromatic N) is 2. The van der Waals surface area contributed by atoms with E-state index in [4.69, 9.17) is 4.74 Å². The number of benzene rings is 3. The fraction of sp³-hybridized carbons (Fsp3) is 0.120. The molecule has 4 rings (SSSR count). The van der Waals surface area contributed by atoms with Gasteiger partial charge in [0.2, 0.25) is 5.91 Å². The summed E-state index contributed by atoms with van der Waals surface area (Å²) in [5.74, 6) is -0.163. The minimum Gasteiger partial charge on any atom is -0.497 e. The molecule has 3 aromatic carbocycles. The molecule has 0 aliphatic rings. The summed E-state index contributed by atoms with van der Waals surface area (Å²) in [4.78, 5) is 38.1. The number of carbonyl (C=O) groups excluding carboxylic acids is 2. The molecule has 166 valence electrons. The van der Waals surface area contributed by atoms with Gasteiger partial charge in [-0.3, -0.25) is 14.4 Å². The van der Waals surface area contributed by atoms with Gasteiger partial charge >= 0.3 is 0 Å². The minimum atomic E-state index is -0.546. The smallest absolute Gasteiger partial charge is 0.279 e. The normalized spacial score (nSPS) is 10.6. The van der Waals surface area contributed by atoms with Gasteiger partial charge in [0.15, 0.2) is 5.69 Å². The third kappa shape index (κ3) is 4.90. The number of ether oxygens (including phenoxy) is 1. The first-order chi connectivity index (χ1) is 16.1. The largest absolute Gasteiger partial charge is 0.497 e. The number of methoxy groups -OCH3 is 1. The van der Waals surface area contributed by atoms with Crippen LogP contribution in [0.3, 0.4) is 0 Å². The van der Waals surface area contributed by atoms with Crippen LogP contribution in [0.1, 0.15) is 16.1 Å². The molecule has 2 amide bonds. The van der Waals surface area contributed by atoms with Crippen molar-refractivity contribution in [3.05, 3.63) is 100 Å². The van der Waals surface area contributed by atoms with Gasteiger partial charge in [0.1, 0.15) is 5.75 Å². The van der Waals surface area contributed by atoms with Crippen LogP contribution >= 0.6 is 0 Å². The van der Waals surface area contributed by atoms with Gasteiger partial charge in [-0.15, -0.1) is 0 Å². The maximum Gasteiger partial charge on any atom is 0.279 e. The predicted octanol–water partition coefficient (Wildman–Crippen LogP) is 2.44. The quantitative estimate of drug-likeness (QED) is 0.458. The molecule has 0 radical (unpaired) electrons. The number of carbonyl (C=O) groups is 2. The van der Waals surface area contributed by atoms with Crippen molar-refractivity contribution >= 4 is 22.6 Å². The number of rotatable bonds is 7. The molecule has 0 bridgehead atoms. The van der Waals surface area contributed by atoms with Crippen LogP contribution in [0.2, 0.25) is 0 Å². The lowest BCUT2D eigenvalue weighted by atomic mass is 10.1. The summed E-state index contributed by atoms with van der Waals surface area (Å²) in [6, 6.07) is 22.9. The summed E-state index contributed by atoms with van der Waals surface area (Å²) in [5, 5.41) is 10.4. The molecule has 8 heteroatoms. The van der Waals surface area contributed by atoms with Gasteiger partial charge in [0.05, 0.1) is 24.7 Å². The topological polar surface area (TPSA) is 102 Å². The van der Waals surface area contributed by atoms with Crippen molar-refractivity contribution in [2.75, 3.05) is 13.7 Å². The van der Waals surface area contributed by atoms with E-state index in [1.807, 2.05) is 30.3 Å². The van der Waals surface area contributed by atoms with Gasteiger partial charge in [0.25, 0.3) is 11.5 Å². The number of fused-ring (bicyclic) bond motifs is 1. The van der Waals surface area contributed by atoms with Gasteiger partial charge in [-0.25, -0.2) is 0 Å². The van der Waals surface area contributed by atoms with Crippen molar-refractivity contribution in [1.82, 2.24) is 20.4 Å². The molecule has 2 N–H and O–H groups in total. The van der Waals surface area contributed by atoms with E-state index in [2.05, 4.69) is 15.7 Å². The van der Waals surface area contributed by atoms with E-state index in [0.717, 1.165) is 11.3 Å². The average molecular weight is 442 g/mol. The molecule has 0 aliphatic carbocycles. The van der Waals surface area contributed by atoms with E-state index < -0.39 is 5.91 Å². The number of nitrogens with one attached hydrogen (secondary N) is 2. The number of para-hydroxylation sites is 1. The Morgan fingerprint density at radius 3 is 2.24 bits per heavy atom. The van der Waals surface area contributed by atoms with Crippen LogP contribution in [-0.4, -0.2) is 35.2 Å². The third-order valence-electron chi connectivity index (χ3n) is 5.08. The summed E-state index contributed by atoms with van der Waals surface area (Å²) in [6.07, 6.45) is 0. The first-order valence-corrected chi connectivity index (χ1v) is 10.3. The van der Waals surface area contributed by atoms with E-state index in [0.29, 0.717) is 23.0 Å². The third-order valence-corrected chi connectivity index (χ3v) is 5.08. The summed E-state index contributed by atoms with van der Waals surface area (Å²) >= 11 is 0. The number of hydrogen-bond acceptors (Lipinski definition) is 5. The van der Waals surface area contributed by atoms with Crippen molar-refractivity contribution in [3.63, 3.8) is 0 Å². The zero-order chi connectivity index (χ0) is 23.2. The van der Waals surface area contributed by atoms with E-state index in [-0.39, 0.29) is 23.7 Å². The zero-order valence-corrected chi connectivity index (χ0v) is 17.9. The highest BCUT2D eigenvalue weighted by Crippen LogP contribution is 2.15. The molecular formula is C25H22N4O4. The second-order valence-electron chi connectivity index (χ2n) is 7.25. The highest BCUT2D eigenvalue weighted by molar-refractivity contribution is 6.05. The van der Waals surface area contributed by atoms with E-state index >= 15 is 0 Å². The molecule has 1 aromatic heterocycles. The lowest BCUT2D eigenvalue weighted by Crippen LogP contribution is -2.38. The zero-order valence-electron chi connectivity index (χ0n) is 17.9. The van der Waals surface area contributed by atoms with Crippen LogP contribution in [0.25, 0.3) is 16.5 Å². The summed E-state index contributed by atoms with van der Waals surface area (Å²) < 4.78 is 6.31. The van der Waals surface area contributed by atoms with Crippen molar-refractivity contribution in [1.29, 1.82) is 0 Å². The summed E-state index contributed by atoms with van der Waals surface area (Å²) in [5.41, 5.74) is 1.18. The summed E-state index contributed by atoms with van der Waals surface area (Å²) in [7, 11) is 1.59. The van der Waals surface area contributed by atoms with Crippen LogP contribution in [0.15, 0.2) is 83.7 Å². The van der Waals surface area contributed by atoms with Crippen LogP contribution in [0, 0.1) is 0 Å². The van der Waals surface area contributed by atoms with Gasteiger partial charge in [-0.1, -0.05) is 48.5 Å². The standard InChI is InChI=1S/C25H22N4O4/c1-33-19-13-11-17(12-14-19)15-26-22(30)16-27-24(31)23-20-9-5-6-10-21(20)25(32)29(28-23)18-7-3-2-4-8-18/h2-14H,15-16H2,1H3,(H,26,30)(H,27,31). The Bertz CT molecular complexity index is 1350. The first-order valence-electron chi connectivity index (χ1n) is 10.3. The highest BCUT2D eigenvalue weighted by atomic mass is 16.5. The highest BCUT2D eigenvalue weighted by Gasteiger charge is 2.18. The summed E-state index contributed by atoms with van der Waals surface area (Å²) in [6.45, 7) is 0.0915. The molecule has 4 aromatic rings. The van der Waals surface area contributed by atoms with Gasteiger partial charge in [-0.05, 0) is 35.9 Å². The fourth-order valence-electron chi connectivity index (χ4n) is 3.35. The molecule has 0 aliphatic heterocycles. The molecule has 0 unspecified atom stereocenters. The van der Waals surface area contributed by atoms with Crippen molar-refractivity contribution in [2.45, 2.75) is 6.54 Å². The Balaban J connectivity index is 1.50. The lowest BCUT2D eigenvalue weighted by molar-refractivity contribution is -0.120. The Labute approximate surface area is 189 Å². The fourth-order valence-corrected chi connectivity index (χ4v) is 3.35. The molecule has 0 atom stereocenters. The maximum atomic E-state index is 12.9. The average Bonchev–Trinajstić information content (AvgIpc) is 2.87. The first kappa shape index (κ1) is 21.8. The number of aromatic nitrogens is 2. The number of amides is 2. The second-order valence-corrected chi connectivity index (χ2v) is 7.25. The molecule has 0 saturated heterocycles. The van der Waals surface area contributed by atoms with Gasteiger partial charge < -0.3 is 15.4 Å². The minimum absolute atomic E-state index is 0.0667. The van der Waals surface area contributed by atoms with E-state index in [1.54, 1.807) is 55.6 Å². The SMILES string of the molecule is COc1ccc(CNC(=O)CNC(=O)c2nn(-c3ccccc3)c(=O)c3ccccc23)cc1. The Morgan fingerprint density at radius 2 is 1.55 bits per heavy atom. The van der Waals surface area contributed by atoms with Crippen LogP contribution in [0.4, 0.5) is 0 Å². The van der Waals surface area contributed by atoms with E-state index in [1.165, 1.54) is 4.68 Å². The molecule has 0 saturated carbocycles. The molecule has 1 heterocycles. The van der Waals surface area contributed by atoms with Gasteiger partial charge in [0, 0.05) is 11.9 Å². The van der Waals surface area contributed by atoms with Crippen LogP contribution in [0.5, 0.6) is 5.75 Å². The van der Waals surface area contributed by atoms with E-state index in [9.17, 15) is 14.4 Å². The maximum absolute atomic E-state index is 12.9. The van der Waals surface area contributed by atoms with Crippen molar-refractivity contribution in [2.24, 2.45) is 0 Å². The molecular weight excluding hydrogens is 420 g/mol. The lowest BCUT2D eigenvalue weighted by Gasteiger charge is -2.11. The second kappa shape index (κ2) is 9.78. The predicted molar refractivity (Wildman–Crippen MR) is 125 cm³/mol. The van der Waals surface area contributed by atoms with Crippen molar-refractivity contribution in [3.8, 4) is 11.4 Å². The van der Waals surface area contributed by atoms with Crippen molar-refractivity contribution < 1.29 is 14.3 Å². The Hall–Kier alpha value is -4.46. The Kier molecular flexibility index (Phi) is 6.45. The number of hydrogen-bond donors (Lipinski definition) is 2. The molecule has 0 spiro atoms. The monoisotopic (exact) mass is 442 g/mol. The molecule has 33 heavy (non-hydrogen) atoms. The van der Waals surface area contributed by atoms with Crippen LogP contribution < -0.4 is 20.9 Å². The van der Waals surface area contributed by atoms with Gasteiger partial charge in [-0.2, -0.15) is 9.78 Å². The van der Waals surface area contributed by atoms with Crippen LogP contribution in [-0.2, 0) is 11.3 Å². The Morgan fingerprint density at radius 1 is 0.879 bits per heavy atom.